The average molecular weight is 345 g/mol. The molecule has 1 N–H and O–H groups in total. The summed E-state index contributed by atoms with van der Waals surface area (Å²) in [5, 5.41) is 3.75. The van der Waals surface area contributed by atoms with Crippen LogP contribution in [0, 0.1) is 0 Å². The Labute approximate surface area is 143 Å². The van der Waals surface area contributed by atoms with Crippen molar-refractivity contribution in [3.63, 3.8) is 0 Å². The molecule has 0 unspecified atom stereocenters. The molecule has 0 saturated carbocycles. The molecular formula is C17H36N2O3Si. The van der Waals surface area contributed by atoms with Gasteiger partial charge in [-0.15, -0.1) is 0 Å². The molecule has 1 rings (SSSR count). The highest BCUT2D eigenvalue weighted by atomic mass is 28.4. The van der Waals surface area contributed by atoms with Crippen LogP contribution in [0.5, 0.6) is 0 Å². The number of amides is 1. The number of carbonyl (C=O) groups is 1. The normalized spacial score (nSPS) is 20.0. The number of hydrogen-bond acceptors (Lipinski definition) is 4. The Morgan fingerprint density at radius 3 is 2.35 bits per heavy atom. The lowest BCUT2D eigenvalue weighted by Gasteiger charge is -2.36. The summed E-state index contributed by atoms with van der Waals surface area (Å²) in [5.41, 5.74) is -0.431. The van der Waals surface area contributed by atoms with Gasteiger partial charge in [-0.1, -0.05) is 20.8 Å². The highest BCUT2D eigenvalue weighted by molar-refractivity contribution is 6.74. The van der Waals surface area contributed by atoms with Crippen molar-refractivity contribution >= 4 is 14.4 Å². The maximum atomic E-state index is 12.0. The van der Waals surface area contributed by atoms with Crippen molar-refractivity contribution in [2.24, 2.45) is 0 Å². The van der Waals surface area contributed by atoms with E-state index in [0.717, 1.165) is 32.7 Å². The van der Waals surface area contributed by atoms with Crippen LogP contribution in [-0.4, -0.2) is 57.2 Å². The fraction of sp³-hybridized carbons (Fsp3) is 0.941. The van der Waals surface area contributed by atoms with E-state index in [1.807, 2.05) is 20.8 Å². The van der Waals surface area contributed by atoms with E-state index in [1.165, 1.54) is 0 Å². The maximum Gasteiger partial charge on any atom is 0.410 e. The Balaban J connectivity index is 2.27. The van der Waals surface area contributed by atoms with Crippen LogP contribution in [0.4, 0.5) is 4.79 Å². The molecule has 1 atom stereocenters. The summed E-state index contributed by atoms with van der Waals surface area (Å²) in [7, 11) is -1.66. The second-order valence-electron chi connectivity index (χ2n) is 8.97. The van der Waals surface area contributed by atoms with Crippen LogP contribution in [0.2, 0.25) is 18.1 Å². The molecule has 1 aliphatic heterocycles. The summed E-state index contributed by atoms with van der Waals surface area (Å²) < 4.78 is 11.6. The first-order valence-electron chi connectivity index (χ1n) is 8.67. The monoisotopic (exact) mass is 344 g/mol. The fourth-order valence-electron chi connectivity index (χ4n) is 2.20. The molecule has 1 saturated heterocycles. The topological polar surface area (TPSA) is 50.8 Å². The van der Waals surface area contributed by atoms with E-state index >= 15 is 0 Å². The molecule has 6 heteroatoms. The molecule has 0 aromatic carbocycles. The van der Waals surface area contributed by atoms with Crippen LogP contribution in [0.1, 0.15) is 48.0 Å². The van der Waals surface area contributed by atoms with Gasteiger partial charge in [-0.25, -0.2) is 4.79 Å². The van der Waals surface area contributed by atoms with Crippen molar-refractivity contribution in [2.75, 3.05) is 26.2 Å². The SMILES string of the molecule is CC(C)(C)OC(=O)N1CC[C@H](NCCO[Si](C)(C)C(C)(C)C)C1. The van der Waals surface area contributed by atoms with Crippen molar-refractivity contribution < 1.29 is 14.0 Å². The number of likely N-dealkylation sites (tertiary alicyclic amines) is 1. The minimum Gasteiger partial charge on any atom is -0.444 e. The summed E-state index contributed by atoms with van der Waals surface area (Å²) in [6.45, 7) is 20.0. The van der Waals surface area contributed by atoms with Crippen molar-refractivity contribution in [2.45, 2.75) is 77.7 Å². The molecule has 0 bridgehead atoms. The number of ether oxygens (including phenoxy) is 1. The molecule has 0 aromatic rings. The van der Waals surface area contributed by atoms with Gasteiger partial charge >= 0.3 is 6.09 Å². The summed E-state index contributed by atoms with van der Waals surface area (Å²) in [5.74, 6) is 0. The first-order valence-corrected chi connectivity index (χ1v) is 11.6. The zero-order valence-electron chi connectivity index (χ0n) is 16.3. The molecule has 23 heavy (non-hydrogen) atoms. The second-order valence-corrected chi connectivity index (χ2v) is 13.8. The molecule has 1 amide bonds. The van der Waals surface area contributed by atoms with Crippen molar-refractivity contribution in [3.8, 4) is 0 Å². The zero-order chi connectivity index (χ0) is 17.9. The van der Waals surface area contributed by atoms with E-state index in [-0.39, 0.29) is 11.1 Å². The van der Waals surface area contributed by atoms with E-state index in [9.17, 15) is 4.79 Å². The van der Waals surface area contributed by atoms with Crippen LogP contribution >= 0.6 is 0 Å². The minimum atomic E-state index is -1.66. The van der Waals surface area contributed by atoms with E-state index in [4.69, 9.17) is 9.16 Å². The number of nitrogens with one attached hydrogen (secondary N) is 1. The Morgan fingerprint density at radius 1 is 1.22 bits per heavy atom. The number of carbonyl (C=O) groups excluding carboxylic acids is 1. The van der Waals surface area contributed by atoms with Gasteiger partial charge in [0.2, 0.25) is 0 Å². The van der Waals surface area contributed by atoms with Gasteiger partial charge in [0.25, 0.3) is 0 Å². The van der Waals surface area contributed by atoms with Gasteiger partial charge in [0.05, 0.1) is 0 Å². The zero-order valence-corrected chi connectivity index (χ0v) is 17.3. The van der Waals surface area contributed by atoms with Crippen LogP contribution in [-0.2, 0) is 9.16 Å². The molecule has 136 valence electrons. The molecule has 0 aromatic heterocycles. The summed E-state index contributed by atoms with van der Waals surface area (Å²) >= 11 is 0. The van der Waals surface area contributed by atoms with Crippen LogP contribution in [0.3, 0.4) is 0 Å². The first-order chi connectivity index (χ1) is 10.3. The van der Waals surface area contributed by atoms with Gasteiger partial charge < -0.3 is 19.4 Å². The van der Waals surface area contributed by atoms with Gasteiger partial charge in [-0.05, 0) is 45.3 Å². The second kappa shape index (κ2) is 7.53. The average Bonchev–Trinajstić information content (AvgIpc) is 2.80. The number of nitrogens with zero attached hydrogens (tertiary/aromatic N) is 1. The van der Waals surface area contributed by atoms with Gasteiger partial charge in [0.1, 0.15) is 5.60 Å². The van der Waals surface area contributed by atoms with E-state index in [2.05, 4.69) is 39.2 Å². The molecule has 5 nitrogen and oxygen atoms in total. The van der Waals surface area contributed by atoms with Gasteiger partial charge in [0, 0.05) is 32.3 Å². The Morgan fingerprint density at radius 2 is 1.83 bits per heavy atom. The van der Waals surface area contributed by atoms with Gasteiger partial charge in [-0.2, -0.15) is 0 Å². The third-order valence-electron chi connectivity index (χ3n) is 4.64. The maximum absolute atomic E-state index is 12.0. The van der Waals surface area contributed by atoms with Crippen LogP contribution in [0.25, 0.3) is 0 Å². The van der Waals surface area contributed by atoms with Crippen LogP contribution in [0.15, 0.2) is 0 Å². The Kier molecular flexibility index (Phi) is 6.70. The molecule has 1 aliphatic rings. The molecular weight excluding hydrogens is 308 g/mol. The van der Waals surface area contributed by atoms with E-state index in [0.29, 0.717) is 6.04 Å². The van der Waals surface area contributed by atoms with Crippen molar-refractivity contribution in [1.82, 2.24) is 10.2 Å². The molecule has 0 radical (unpaired) electrons. The summed E-state index contributed by atoms with van der Waals surface area (Å²) in [6.07, 6.45) is 0.763. The third-order valence-corrected chi connectivity index (χ3v) is 9.18. The largest absolute Gasteiger partial charge is 0.444 e. The molecule has 1 heterocycles. The quantitative estimate of drug-likeness (QED) is 0.611. The van der Waals surface area contributed by atoms with Gasteiger partial charge in [-0.3, -0.25) is 0 Å². The third kappa shape index (κ3) is 6.81. The number of hydrogen-bond donors (Lipinski definition) is 1. The predicted octanol–water partition coefficient (Wildman–Crippen LogP) is 3.61. The first kappa shape index (κ1) is 20.5. The summed E-state index contributed by atoms with van der Waals surface area (Å²) in [4.78, 5) is 13.8. The minimum absolute atomic E-state index is 0.209. The molecule has 0 aliphatic carbocycles. The Bertz CT molecular complexity index is 400. The van der Waals surface area contributed by atoms with Crippen molar-refractivity contribution in [1.29, 1.82) is 0 Å². The Hall–Kier alpha value is -0.593. The summed E-state index contributed by atoms with van der Waals surface area (Å²) in [6, 6.07) is 0.338. The lowest BCUT2D eigenvalue weighted by atomic mass is 10.2. The smallest absolute Gasteiger partial charge is 0.410 e. The van der Waals surface area contributed by atoms with E-state index in [1.54, 1.807) is 4.90 Å². The fourth-order valence-corrected chi connectivity index (χ4v) is 3.25. The highest BCUT2D eigenvalue weighted by Gasteiger charge is 2.37. The lowest BCUT2D eigenvalue weighted by molar-refractivity contribution is 0.0291. The van der Waals surface area contributed by atoms with Crippen molar-refractivity contribution in [3.05, 3.63) is 0 Å². The van der Waals surface area contributed by atoms with E-state index < -0.39 is 13.9 Å². The molecule has 1 fully saturated rings. The molecule has 0 spiro atoms. The standard InChI is InChI=1S/C17H36N2O3Si/c1-16(2,3)22-15(20)19-11-9-14(13-19)18-10-12-21-23(7,8)17(4,5)6/h14,18H,9-13H2,1-8H3/t14-/m0/s1. The van der Waals surface area contributed by atoms with Crippen LogP contribution < -0.4 is 5.32 Å². The highest BCUT2D eigenvalue weighted by Crippen LogP contribution is 2.36. The van der Waals surface area contributed by atoms with Gasteiger partial charge in [0.15, 0.2) is 8.32 Å². The lowest BCUT2D eigenvalue weighted by Crippen LogP contribution is -2.43. The predicted molar refractivity (Wildman–Crippen MR) is 97.4 cm³/mol. The number of rotatable bonds is 5.